The maximum atomic E-state index is 6.49. The van der Waals surface area contributed by atoms with Crippen molar-refractivity contribution in [2.24, 2.45) is 0 Å². The lowest BCUT2D eigenvalue weighted by Crippen LogP contribution is -1.96. The van der Waals surface area contributed by atoms with E-state index >= 15 is 0 Å². The molecule has 2 nitrogen and oxygen atoms in total. The van der Waals surface area contributed by atoms with Crippen molar-refractivity contribution in [2.45, 2.75) is 19.2 Å². The maximum Gasteiger partial charge on any atom is 0.137 e. The van der Waals surface area contributed by atoms with Crippen LogP contribution in [0.5, 0.6) is 0 Å². The Hall–Kier alpha value is -2.32. The summed E-state index contributed by atoms with van der Waals surface area (Å²) in [6.45, 7) is 4.08. The maximum absolute atomic E-state index is 6.49. The highest BCUT2D eigenvalue weighted by Gasteiger charge is 2.18. The van der Waals surface area contributed by atoms with Gasteiger partial charge in [0.2, 0.25) is 0 Å². The van der Waals surface area contributed by atoms with Crippen LogP contribution in [0.4, 0.5) is 0 Å². The van der Waals surface area contributed by atoms with Gasteiger partial charge in [-0.25, -0.2) is 4.98 Å². The fourth-order valence-corrected chi connectivity index (χ4v) is 3.31. The molecule has 3 heteroatoms. The molecule has 0 radical (unpaired) electrons. The van der Waals surface area contributed by atoms with Crippen LogP contribution in [0.3, 0.4) is 0 Å². The summed E-state index contributed by atoms with van der Waals surface area (Å²) >= 11 is 6.49. The molecule has 0 saturated carbocycles. The van der Waals surface area contributed by atoms with Gasteiger partial charge in [-0.1, -0.05) is 42.5 Å². The molecule has 4 aromatic rings. The summed E-state index contributed by atoms with van der Waals surface area (Å²) in [4.78, 5) is 4.83. The first kappa shape index (κ1) is 14.3. The topological polar surface area (TPSA) is 17.3 Å². The average Bonchev–Trinajstić information content (AvgIpc) is 2.93. The van der Waals surface area contributed by atoms with Crippen LogP contribution >= 0.6 is 11.6 Å². The minimum atomic E-state index is -0.117. The lowest BCUT2D eigenvalue weighted by Gasteiger charge is -2.08. The minimum Gasteiger partial charge on any atom is -0.302 e. The first-order valence-electron chi connectivity index (χ1n) is 7.75. The quantitative estimate of drug-likeness (QED) is 0.429. The molecule has 0 saturated heterocycles. The molecule has 1 atom stereocenters. The minimum absolute atomic E-state index is 0.117. The number of hydrogen-bond acceptors (Lipinski definition) is 1. The number of fused-ring (bicyclic) bond motifs is 2. The van der Waals surface area contributed by atoms with Crippen LogP contribution in [0.15, 0.2) is 60.8 Å². The van der Waals surface area contributed by atoms with Crippen LogP contribution in [0, 0.1) is 6.92 Å². The number of pyridine rings is 1. The second-order valence-electron chi connectivity index (χ2n) is 5.96. The van der Waals surface area contributed by atoms with Gasteiger partial charge in [-0.05, 0) is 42.3 Å². The average molecular weight is 321 g/mol. The van der Waals surface area contributed by atoms with Crippen molar-refractivity contribution in [3.05, 3.63) is 72.1 Å². The Morgan fingerprint density at radius 3 is 2.57 bits per heavy atom. The highest BCUT2D eigenvalue weighted by molar-refractivity contribution is 6.20. The molecule has 0 amide bonds. The van der Waals surface area contributed by atoms with Crippen molar-refractivity contribution in [3.63, 3.8) is 0 Å². The first-order chi connectivity index (χ1) is 11.1. The van der Waals surface area contributed by atoms with Crippen LogP contribution in [0.25, 0.3) is 27.7 Å². The molecule has 1 unspecified atom stereocenters. The number of hydrogen-bond donors (Lipinski definition) is 0. The Morgan fingerprint density at radius 2 is 1.78 bits per heavy atom. The molecule has 114 valence electrons. The Morgan fingerprint density at radius 1 is 1.00 bits per heavy atom. The lowest BCUT2D eigenvalue weighted by molar-refractivity contribution is 0.960. The highest BCUT2D eigenvalue weighted by Crippen LogP contribution is 2.33. The molecule has 23 heavy (non-hydrogen) atoms. The summed E-state index contributed by atoms with van der Waals surface area (Å²) in [7, 11) is 0. The molecule has 2 aromatic heterocycles. The van der Waals surface area contributed by atoms with Gasteiger partial charge in [0.15, 0.2) is 0 Å². The van der Waals surface area contributed by atoms with E-state index in [9.17, 15) is 0 Å². The fourth-order valence-electron chi connectivity index (χ4n) is 3.10. The number of nitrogens with zero attached hydrogens (tertiary/aromatic N) is 2. The van der Waals surface area contributed by atoms with E-state index in [1.54, 1.807) is 0 Å². The molecule has 2 aromatic carbocycles. The van der Waals surface area contributed by atoms with Gasteiger partial charge in [0.25, 0.3) is 0 Å². The second-order valence-corrected chi connectivity index (χ2v) is 6.61. The Kier molecular flexibility index (Phi) is 3.35. The zero-order valence-electron chi connectivity index (χ0n) is 13.1. The molecular weight excluding hydrogens is 304 g/mol. The number of alkyl halides is 1. The summed E-state index contributed by atoms with van der Waals surface area (Å²) < 4.78 is 2.11. The smallest absolute Gasteiger partial charge is 0.137 e. The van der Waals surface area contributed by atoms with Gasteiger partial charge in [0.1, 0.15) is 5.65 Å². The van der Waals surface area contributed by atoms with Crippen molar-refractivity contribution >= 4 is 28.0 Å². The molecule has 4 rings (SSSR count). The summed E-state index contributed by atoms with van der Waals surface area (Å²) in [5.41, 5.74) is 5.23. The number of rotatable bonds is 2. The van der Waals surface area contributed by atoms with E-state index in [4.69, 9.17) is 16.6 Å². The van der Waals surface area contributed by atoms with E-state index in [1.165, 1.54) is 16.3 Å². The Balaban J connectivity index is 2.01. The van der Waals surface area contributed by atoms with Gasteiger partial charge in [-0.3, -0.25) is 0 Å². The Bertz CT molecular complexity index is 1010. The zero-order chi connectivity index (χ0) is 16.0. The van der Waals surface area contributed by atoms with E-state index in [-0.39, 0.29) is 5.38 Å². The van der Waals surface area contributed by atoms with Gasteiger partial charge in [-0.2, -0.15) is 0 Å². The van der Waals surface area contributed by atoms with Gasteiger partial charge < -0.3 is 4.40 Å². The third-order valence-electron chi connectivity index (χ3n) is 4.20. The van der Waals surface area contributed by atoms with Crippen molar-refractivity contribution in [1.82, 2.24) is 9.38 Å². The fraction of sp³-hybridized carbons (Fsp3) is 0.150. The zero-order valence-corrected chi connectivity index (χ0v) is 13.9. The van der Waals surface area contributed by atoms with Crippen LogP contribution in [0.2, 0.25) is 0 Å². The molecule has 0 fully saturated rings. The molecule has 0 aliphatic rings. The van der Waals surface area contributed by atoms with Crippen LogP contribution in [-0.2, 0) is 0 Å². The first-order valence-corrected chi connectivity index (χ1v) is 8.19. The van der Waals surface area contributed by atoms with E-state index < -0.39 is 0 Å². The Labute approximate surface area is 140 Å². The largest absolute Gasteiger partial charge is 0.302 e. The van der Waals surface area contributed by atoms with Gasteiger partial charge in [-0.15, -0.1) is 11.6 Å². The number of aryl methyl sites for hydroxylation is 1. The number of aromatic nitrogens is 2. The van der Waals surface area contributed by atoms with Crippen molar-refractivity contribution in [1.29, 1.82) is 0 Å². The number of halogens is 1. The molecule has 0 N–H and O–H groups in total. The SMILES string of the molecule is Cc1ccc2nc(-c3ccc4ccccc4c3)c(C(C)Cl)n2c1. The van der Waals surface area contributed by atoms with Crippen LogP contribution < -0.4 is 0 Å². The van der Waals surface area contributed by atoms with Crippen LogP contribution in [-0.4, -0.2) is 9.38 Å². The van der Waals surface area contributed by atoms with Crippen molar-refractivity contribution < 1.29 is 0 Å². The molecule has 2 heterocycles. The van der Waals surface area contributed by atoms with Gasteiger partial charge >= 0.3 is 0 Å². The second kappa shape index (κ2) is 5.39. The molecule has 0 bridgehead atoms. The predicted molar refractivity (Wildman–Crippen MR) is 97.1 cm³/mol. The van der Waals surface area contributed by atoms with Crippen molar-refractivity contribution in [3.8, 4) is 11.3 Å². The van der Waals surface area contributed by atoms with Crippen molar-refractivity contribution in [2.75, 3.05) is 0 Å². The third-order valence-corrected chi connectivity index (χ3v) is 4.41. The molecule has 0 spiro atoms. The third kappa shape index (κ3) is 2.40. The van der Waals surface area contributed by atoms with Crippen LogP contribution in [0.1, 0.15) is 23.6 Å². The van der Waals surface area contributed by atoms with E-state index in [0.29, 0.717) is 0 Å². The monoisotopic (exact) mass is 320 g/mol. The van der Waals surface area contributed by atoms with Gasteiger partial charge in [0.05, 0.1) is 16.8 Å². The number of imidazole rings is 1. The molecule has 0 aliphatic heterocycles. The van der Waals surface area contributed by atoms with E-state index in [2.05, 4.69) is 66.1 Å². The summed E-state index contributed by atoms with van der Waals surface area (Å²) in [6.07, 6.45) is 2.10. The normalized spacial score (nSPS) is 12.8. The van der Waals surface area contributed by atoms with E-state index in [1.807, 2.05) is 13.0 Å². The summed E-state index contributed by atoms with van der Waals surface area (Å²) in [5, 5.41) is 2.33. The predicted octanol–water partition coefficient (Wildman–Crippen LogP) is 5.76. The number of benzene rings is 2. The standard InChI is InChI=1S/C20H17ClN2/c1-13-7-10-18-22-19(20(14(2)21)23(18)12-13)17-9-8-15-5-3-4-6-16(15)11-17/h3-12,14H,1-2H3. The lowest BCUT2D eigenvalue weighted by atomic mass is 10.0. The molecular formula is C20H17ClN2. The molecule has 0 aliphatic carbocycles. The highest BCUT2D eigenvalue weighted by atomic mass is 35.5. The van der Waals surface area contributed by atoms with E-state index in [0.717, 1.165) is 22.6 Å². The van der Waals surface area contributed by atoms with Gasteiger partial charge in [0, 0.05) is 11.8 Å². The summed E-state index contributed by atoms with van der Waals surface area (Å²) in [5.74, 6) is 0. The summed E-state index contributed by atoms with van der Waals surface area (Å²) in [6, 6.07) is 18.9.